The van der Waals surface area contributed by atoms with Gasteiger partial charge in [-0.15, -0.1) is 0 Å². The highest BCUT2D eigenvalue weighted by Gasteiger charge is 2.14. The number of methoxy groups -OCH3 is 1. The molecule has 2 heteroatoms. The van der Waals surface area contributed by atoms with Crippen LogP contribution in [0.15, 0.2) is 121 Å². The summed E-state index contributed by atoms with van der Waals surface area (Å²) >= 11 is 0. The third-order valence-electron chi connectivity index (χ3n) is 6.84. The molecule has 5 rings (SSSR count). The van der Waals surface area contributed by atoms with Crippen molar-refractivity contribution in [2.75, 3.05) is 12.0 Å². The zero-order valence-electron chi connectivity index (χ0n) is 22.5. The average Bonchev–Trinajstić information content (AvgIpc) is 2.95. The predicted octanol–water partition coefficient (Wildman–Crippen LogP) is 9.68. The smallest absolute Gasteiger partial charge is 0.121 e. The molecule has 0 bridgehead atoms. The van der Waals surface area contributed by atoms with E-state index in [1.807, 2.05) is 6.07 Å². The van der Waals surface area contributed by atoms with Gasteiger partial charge in [-0.25, -0.2) is 0 Å². The van der Waals surface area contributed by atoms with Gasteiger partial charge in [0.1, 0.15) is 5.75 Å². The lowest BCUT2D eigenvalue weighted by Crippen LogP contribution is -2.10. The van der Waals surface area contributed by atoms with E-state index >= 15 is 0 Å². The van der Waals surface area contributed by atoms with E-state index in [4.69, 9.17) is 4.74 Å². The minimum absolute atomic E-state index is 0.903. The molecule has 0 aliphatic rings. The first-order chi connectivity index (χ1) is 18.5. The van der Waals surface area contributed by atoms with Gasteiger partial charge in [-0.1, -0.05) is 83.9 Å². The molecular formula is C36H33NO. The fourth-order valence-corrected chi connectivity index (χ4v) is 4.73. The van der Waals surface area contributed by atoms with Crippen LogP contribution in [0.5, 0.6) is 5.75 Å². The van der Waals surface area contributed by atoms with Crippen molar-refractivity contribution >= 4 is 28.7 Å². The summed E-state index contributed by atoms with van der Waals surface area (Å²) in [5.74, 6) is 0.903. The molecule has 188 valence electrons. The molecule has 0 atom stereocenters. The number of hydrogen-bond acceptors (Lipinski definition) is 2. The maximum absolute atomic E-state index is 5.47. The molecule has 5 aromatic rings. The summed E-state index contributed by atoms with van der Waals surface area (Å²) < 4.78 is 5.47. The maximum Gasteiger partial charge on any atom is 0.121 e. The van der Waals surface area contributed by atoms with Gasteiger partial charge in [0.2, 0.25) is 0 Å². The summed E-state index contributed by atoms with van der Waals surface area (Å²) in [6.45, 7) is 6.32. The molecule has 38 heavy (non-hydrogen) atoms. The van der Waals surface area contributed by atoms with Crippen LogP contribution >= 0.6 is 0 Å². The van der Waals surface area contributed by atoms with Gasteiger partial charge in [0.25, 0.3) is 0 Å². The number of anilines is 3. The largest absolute Gasteiger partial charge is 0.496 e. The van der Waals surface area contributed by atoms with Crippen molar-refractivity contribution in [1.82, 2.24) is 0 Å². The van der Waals surface area contributed by atoms with Gasteiger partial charge < -0.3 is 9.64 Å². The summed E-state index contributed by atoms with van der Waals surface area (Å²) in [5.41, 5.74) is 11.7. The molecule has 0 aliphatic heterocycles. The molecule has 2 nitrogen and oxygen atoms in total. The Morgan fingerprint density at radius 3 is 1.58 bits per heavy atom. The summed E-state index contributed by atoms with van der Waals surface area (Å²) in [5, 5.41) is 0. The lowest BCUT2D eigenvalue weighted by Gasteiger charge is -2.26. The minimum atomic E-state index is 0.903. The Labute approximate surface area is 226 Å². The third-order valence-corrected chi connectivity index (χ3v) is 6.84. The van der Waals surface area contributed by atoms with E-state index < -0.39 is 0 Å². The molecular weight excluding hydrogens is 462 g/mol. The number of rotatable bonds is 7. The standard InChI is InChI=1S/C36H33NO/c1-26-10-17-32(18-11-26)37(33-19-12-27(2)13-20-33)34-21-15-31(16-22-34)35(30-8-6-5-7-9-30)25-29-14-23-36(38-4)28(3)24-29/h5-25H,1-4H3. The van der Waals surface area contributed by atoms with Crippen molar-refractivity contribution in [2.45, 2.75) is 20.8 Å². The van der Waals surface area contributed by atoms with Crippen molar-refractivity contribution in [1.29, 1.82) is 0 Å². The lowest BCUT2D eigenvalue weighted by molar-refractivity contribution is 0.411. The molecule has 0 saturated heterocycles. The van der Waals surface area contributed by atoms with Crippen molar-refractivity contribution in [3.63, 3.8) is 0 Å². The minimum Gasteiger partial charge on any atom is -0.496 e. The van der Waals surface area contributed by atoms with E-state index in [0.717, 1.165) is 33.9 Å². The Morgan fingerprint density at radius 1 is 0.579 bits per heavy atom. The average molecular weight is 496 g/mol. The Bertz CT molecular complexity index is 1490. The summed E-state index contributed by atoms with van der Waals surface area (Å²) in [7, 11) is 1.71. The van der Waals surface area contributed by atoms with Gasteiger partial charge >= 0.3 is 0 Å². The Kier molecular flexibility index (Phi) is 7.42. The van der Waals surface area contributed by atoms with Crippen LogP contribution in [0.2, 0.25) is 0 Å². The van der Waals surface area contributed by atoms with Crippen molar-refractivity contribution in [3.8, 4) is 5.75 Å². The van der Waals surface area contributed by atoms with Gasteiger partial charge in [-0.05, 0) is 103 Å². The van der Waals surface area contributed by atoms with E-state index in [1.165, 1.54) is 27.8 Å². The molecule has 0 fully saturated rings. The number of hydrogen-bond donors (Lipinski definition) is 0. The van der Waals surface area contributed by atoms with E-state index in [1.54, 1.807) is 7.11 Å². The molecule has 0 saturated carbocycles. The molecule has 0 amide bonds. The van der Waals surface area contributed by atoms with Crippen LogP contribution in [-0.2, 0) is 0 Å². The predicted molar refractivity (Wildman–Crippen MR) is 162 cm³/mol. The van der Waals surface area contributed by atoms with Crippen LogP contribution < -0.4 is 9.64 Å². The van der Waals surface area contributed by atoms with E-state index in [9.17, 15) is 0 Å². The summed E-state index contributed by atoms with van der Waals surface area (Å²) in [4.78, 5) is 2.31. The Hall–Kier alpha value is -4.56. The van der Waals surface area contributed by atoms with Crippen molar-refractivity contribution in [2.24, 2.45) is 0 Å². The second-order valence-electron chi connectivity index (χ2n) is 9.71. The quantitative estimate of drug-likeness (QED) is 0.208. The fraction of sp³-hybridized carbons (Fsp3) is 0.111. The topological polar surface area (TPSA) is 12.5 Å². The molecule has 0 spiro atoms. The van der Waals surface area contributed by atoms with Crippen molar-refractivity contribution in [3.05, 3.63) is 155 Å². The molecule has 0 aliphatic carbocycles. The highest BCUT2D eigenvalue weighted by molar-refractivity contribution is 5.92. The maximum atomic E-state index is 5.47. The summed E-state index contributed by atoms with van der Waals surface area (Å²) in [6.07, 6.45) is 2.26. The van der Waals surface area contributed by atoms with Crippen molar-refractivity contribution < 1.29 is 4.74 Å². The molecule has 0 radical (unpaired) electrons. The second kappa shape index (κ2) is 11.2. The first-order valence-corrected chi connectivity index (χ1v) is 13.0. The molecule has 0 aromatic heterocycles. The molecule has 5 aromatic carbocycles. The van der Waals surface area contributed by atoms with Crippen LogP contribution in [0.3, 0.4) is 0 Å². The van der Waals surface area contributed by atoms with E-state index in [0.29, 0.717) is 0 Å². The first kappa shape index (κ1) is 25.1. The van der Waals surface area contributed by atoms with Crippen LogP contribution in [0.25, 0.3) is 11.6 Å². The zero-order chi connectivity index (χ0) is 26.5. The number of benzene rings is 5. The van der Waals surface area contributed by atoms with E-state index in [-0.39, 0.29) is 0 Å². The number of ether oxygens (including phenoxy) is 1. The van der Waals surface area contributed by atoms with Gasteiger partial charge in [-0.2, -0.15) is 0 Å². The molecule has 0 heterocycles. The Morgan fingerprint density at radius 2 is 1.08 bits per heavy atom. The second-order valence-corrected chi connectivity index (χ2v) is 9.71. The molecule has 0 unspecified atom stereocenters. The number of aryl methyl sites for hydroxylation is 3. The van der Waals surface area contributed by atoms with Crippen LogP contribution in [0.4, 0.5) is 17.1 Å². The van der Waals surface area contributed by atoms with Gasteiger partial charge in [-0.3, -0.25) is 0 Å². The SMILES string of the molecule is COc1ccc(C=C(c2ccccc2)c2ccc(N(c3ccc(C)cc3)c3ccc(C)cc3)cc2)cc1C. The monoisotopic (exact) mass is 495 g/mol. The van der Waals surface area contributed by atoms with Gasteiger partial charge in [0.05, 0.1) is 7.11 Å². The lowest BCUT2D eigenvalue weighted by atomic mass is 9.95. The zero-order valence-corrected chi connectivity index (χ0v) is 22.5. The van der Waals surface area contributed by atoms with E-state index in [2.05, 4.69) is 147 Å². The van der Waals surface area contributed by atoms with Gasteiger partial charge in [0.15, 0.2) is 0 Å². The third kappa shape index (κ3) is 5.55. The first-order valence-electron chi connectivity index (χ1n) is 13.0. The fourth-order valence-electron chi connectivity index (χ4n) is 4.73. The highest BCUT2D eigenvalue weighted by Crippen LogP contribution is 2.36. The Balaban J connectivity index is 1.57. The van der Waals surface area contributed by atoms with Crippen LogP contribution in [0.1, 0.15) is 33.4 Å². The van der Waals surface area contributed by atoms with Gasteiger partial charge in [0, 0.05) is 17.1 Å². The van der Waals surface area contributed by atoms with Crippen LogP contribution in [0, 0.1) is 20.8 Å². The molecule has 0 N–H and O–H groups in total. The normalized spacial score (nSPS) is 11.3. The highest BCUT2D eigenvalue weighted by atomic mass is 16.5. The summed E-state index contributed by atoms with van der Waals surface area (Å²) in [6, 6.07) is 43.2. The number of nitrogens with zero attached hydrogens (tertiary/aromatic N) is 1. The van der Waals surface area contributed by atoms with Crippen LogP contribution in [-0.4, -0.2) is 7.11 Å².